The van der Waals surface area contributed by atoms with Crippen LogP contribution >= 0.6 is 0 Å². The number of aryl methyl sites for hydroxylation is 1. The van der Waals surface area contributed by atoms with Crippen LogP contribution in [0, 0.1) is 6.92 Å². The molecule has 23 heavy (non-hydrogen) atoms. The third-order valence-corrected chi connectivity index (χ3v) is 3.35. The molecule has 0 fully saturated rings. The van der Waals surface area contributed by atoms with E-state index < -0.39 is 0 Å². The van der Waals surface area contributed by atoms with Crippen LogP contribution in [0.25, 0.3) is 5.78 Å². The molecule has 0 radical (unpaired) electrons. The SMILES string of the molecule is COc1ccccc1OC(C)CNc1cc(C)nc2ncnn12. The predicted octanol–water partition coefficient (Wildman–Crippen LogP) is 2.32. The topological polar surface area (TPSA) is 73.6 Å². The van der Waals surface area contributed by atoms with E-state index >= 15 is 0 Å². The van der Waals surface area contributed by atoms with Crippen LogP contribution in [0.15, 0.2) is 36.7 Å². The molecule has 1 unspecified atom stereocenters. The van der Waals surface area contributed by atoms with Gasteiger partial charge in [0.25, 0.3) is 5.78 Å². The highest BCUT2D eigenvalue weighted by molar-refractivity contribution is 5.45. The van der Waals surface area contributed by atoms with Crippen molar-refractivity contribution in [1.82, 2.24) is 19.6 Å². The van der Waals surface area contributed by atoms with Gasteiger partial charge in [-0.15, -0.1) is 0 Å². The maximum absolute atomic E-state index is 5.93. The van der Waals surface area contributed by atoms with E-state index in [4.69, 9.17) is 9.47 Å². The lowest BCUT2D eigenvalue weighted by Gasteiger charge is -2.18. The Morgan fingerprint density at radius 1 is 1.26 bits per heavy atom. The number of nitrogens with zero attached hydrogens (tertiary/aromatic N) is 4. The quantitative estimate of drug-likeness (QED) is 0.753. The lowest BCUT2D eigenvalue weighted by atomic mass is 10.3. The number of rotatable bonds is 6. The van der Waals surface area contributed by atoms with Crippen LogP contribution in [-0.4, -0.2) is 39.3 Å². The third-order valence-electron chi connectivity index (χ3n) is 3.35. The van der Waals surface area contributed by atoms with Crippen molar-refractivity contribution in [2.24, 2.45) is 0 Å². The minimum atomic E-state index is -0.0571. The van der Waals surface area contributed by atoms with Crippen LogP contribution in [0.4, 0.5) is 5.82 Å². The fourth-order valence-electron chi connectivity index (χ4n) is 2.28. The molecular weight excluding hydrogens is 294 g/mol. The molecule has 0 saturated carbocycles. The summed E-state index contributed by atoms with van der Waals surface area (Å²) in [4.78, 5) is 8.43. The van der Waals surface area contributed by atoms with Crippen LogP contribution in [-0.2, 0) is 0 Å². The number of anilines is 1. The second-order valence-electron chi connectivity index (χ2n) is 5.21. The van der Waals surface area contributed by atoms with Crippen molar-refractivity contribution in [3.63, 3.8) is 0 Å². The molecule has 0 amide bonds. The average molecular weight is 313 g/mol. The number of ether oxygens (including phenoxy) is 2. The summed E-state index contributed by atoms with van der Waals surface area (Å²) >= 11 is 0. The molecule has 0 saturated heterocycles. The number of hydrogen-bond donors (Lipinski definition) is 1. The Balaban J connectivity index is 1.68. The highest BCUT2D eigenvalue weighted by Crippen LogP contribution is 2.26. The molecule has 2 heterocycles. The molecule has 0 spiro atoms. The first-order valence-electron chi connectivity index (χ1n) is 7.38. The molecule has 1 N–H and O–H groups in total. The van der Waals surface area contributed by atoms with E-state index in [1.54, 1.807) is 11.6 Å². The van der Waals surface area contributed by atoms with E-state index in [0.29, 0.717) is 12.3 Å². The second kappa shape index (κ2) is 6.51. The molecule has 0 aliphatic heterocycles. The van der Waals surface area contributed by atoms with E-state index in [0.717, 1.165) is 23.0 Å². The summed E-state index contributed by atoms with van der Waals surface area (Å²) in [6.45, 7) is 4.52. The zero-order chi connectivity index (χ0) is 16.2. The highest BCUT2D eigenvalue weighted by Gasteiger charge is 2.10. The molecule has 1 aromatic carbocycles. The van der Waals surface area contributed by atoms with Crippen molar-refractivity contribution in [1.29, 1.82) is 0 Å². The minimum Gasteiger partial charge on any atom is -0.493 e. The molecule has 1 atom stereocenters. The average Bonchev–Trinajstić information content (AvgIpc) is 3.01. The smallest absolute Gasteiger partial charge is 0.254 e. The standard InChI is InChI=1S/C16H19N5O2/c1-11-8-15(21-16(20-11)18-10-19-21)17-9-12(2)23-14-7-5-4-6-13(14)22-3/h4-8,10,12,17H,9H2,1-3H3. The van der Waals surface area contributed by atoms with Gasteiger partial charge in [-0.05, 0) is 26.0 Å². The Kier molecular flexibility index (Phi) is 4.27. The molecule has 0 aliphatic rings. The first kappa shape index (κ1) is 15.1. The monoisotopic (exact) mass is 313 g/mol. The number of nitrogens with one attached hydrogen (secondary N) is 1. The zero-order valence-electron chi connectivity index (χ0n) is 13.4. The predicted molar refractivity (Wildman–Crippen MR) is 87.1 cm³/mol. The largest absolute Gasteiger partial charge is 0.493 e. The molecule has 7 heteroatoms. The second-order valence-corrected chi connectivity index (χ2v) is 5.21. The van der Waals surface area contributed by atoms with Crippen LogP contribution in [0.3, 0.4) is 0 Å². The van der Waals surface area contributed by atoms with Gasteiger partial charge in [-0.25, -0.2) is 4.98 Å². The summed E-state index contributed by atoms with van der Waals surface area (Å²) in [5.41, 5.74) is 0.881. The summed E-state index contributed by atoms with van der Waals surface area (Å²) in [5, 5.41) is 7.50. The van der Waals surface area contributed by atoms with Crippen molar-refractivity contribution in [3.05, 3.63) is 42.4 Å². The molecule has 0 aliphatic carbocycles. The van der Waals surface area contributed by atoms with E-state index in [2.05, 4.69) is 20.4 Å². The van der Waals surface area contributed by atoms with Crippen molar-refractivity contribution in [2.75, 3.05) is 19.0 Å². The number of hydrogen-bond acceptors (Lipinski definition) is 6. The molecule has 2 aromatic heterocycles. The first-order valence-corrected chi connectivity index (χ1v) is 7.38. The first-order chi connectivity index (χ1) is 11.2. The number of benzene rings is 1. The van der Waals surface area contributed by atoms with E-state index in [9.17, 15) is 0 Å². The molecule has 0 bridgehead atoms. The third kappa shape index (κ3) is 3.33. The zero-order valence-corrected chi connectivity index (χ0v) is 13.4. The highest BCUT2D eigenvalue weighted by atomic mass is 16.5. The van der Waals surface area contributed by atoms with Gasteiger partial charge in [0.2, 0.25) is 0 Å². The van der Waals surface area contributed by atoms with Gasteiger partial charge in [0.15, 0.2) is 11.5 Å². The van der Waals surface area contributed by atoms with E-state index in [-0.39, 0.29) is 6.10 Å². The Morgan fingerprint density at radius 2 is 2.04 bits per heavy atom. The fourth-order valence-corrected chi connectivity index (χ4v) is 2.28. The lowest BCUT2D eigenvalue weighted by Crippen LogP contribution is -2.24. The van der Waals surface area contributed by atoms with E-state index in [1.165, 1.54) is 6.33 Å². The van der Waals surface area contributed by atoms with Gasteiger partial charge in [-0.1, -0.05) is 12.1 Å². The summed E-state index contributed by atoms with van der Waals surface area (Å²) in [5.74, 6) is 2.85. The number of fused-ring (bicyclic) bond motifs is 1. The van der Waals surface area contributed by atoms with Crippen LogP contribution < -0.4 is 14.8 Å². The maximum atomic E-state index is 5.93. The molecule has 120 valence electrons. The van der Waals surface area contributed by atoms with Gasteiger partial charge in [-0.2, -0.15) is 14.6 Å². The Labute approximate surface area is 134 Å². The van der Waals surface area contributed by atoms with Gasteiger partial charge < -0.3 is 14.8 Å². The fraction of sp³-hybridized carbons (Fsp3) is 0.312. The van der Waals surface area contributed by atoms with Crippen LogP contribution in [0.1, 0.15) is 12.6 Å². The summed E-state index contributed by atoms with van der Waals surface area (Å²) in [6, 6.07) is 9.53. The van der Waals surface area contributed by atoms with Crippen molar-refractivity contribution in [2.45, 2.75) is 20.0 Å². The summed E-state index contributed by atoms with van der Waals surface area (Å²) in [6.07, 6.45) is 1.43. The van der Waals surface area contributed by atoms with Gasteiger partial charge in [0, 0.05) is 11.8 Å². The van der Waals surface area contributed by atoms with Gasteiger partial charge in [0.1, 0.15) is 18.2 Å². The van der Waals surface area contributed by atoms with Crippen LogP contribution in [0.2, 0.25) is 0 Å². The van der Waals surface area contributed by atoms with E-state index in [1.807, 2.05) is 44.2 Å². The van der Waals surface area contributed by atoms with Gasteiger partial charge in [-0.3, -0.25) is 0 Å². The van der Waals surface area contributed by atoms with Crippen molar-refractivity contribution in [3.8, 4) is 11.5 Å². The number of para-hydroxylation sites is 2. The molecule has 3 aromatic rings. The Hall–Kier alpha value is -2.83. The minimum absolute atomic E-state index is 0.0571. The Morgan fingerprint density at radius 3 is 2.83 bits per heavy atom. The number of aromatic nitrogens is 4. The summed E-state index contributed by atoms with van der Waals surface area (Å²) < 4.78 is 12.9. The van der Waals surface area contributed by atoms with Gasteiger partial charge in [0.05, 0.1) is 13.7 Å². The maximum Gasteiger partial charge on any atom is 0.254 e. The van der Waals surface area contributed by atoms with Crippen LogP contribution in [0.5, 0.6) is 11.5 Å². The molecule has 3 rings (SSSR count). The molecule has 7 nitrogen and oxygen atoms in total. The molecular formula is C16H19N5O2. The van der Waals surface area contributed by atoms with Crippen molar-refractivity contribution >= 4 is 11.6 Å². The normalized spacial score (nSPS) is 12.1. The van der Waals surface area contributed by atoms with Gasteiger partial charge >= 0.3 is 0 Å². The Bertz CT molecular complexity index is 802. The van der Waals surface area contributed by atoms with Crippen molar-refractivity contribution < 1.29 is 9.47 Å². The number of methoxy groups -OCH3 is 1. The summed E-state index contributed by atoms with van der Waals surface area (Å²) in [7, 11) is 1.63. The lowest BCUT2D eigenvalue weighted by molar-refractivity contribution is 0.223.